The minimum atomic E-state index is -3.88. The molecule has 0 spiro atoms. The molecule has 1 unspecified atom stereocenters. The summed E-state index contributed by atoms with van der Waals surface area (Å²) in [5.74, 6) is -0.858. The second-order valence-electron chi connectivity index (χ2n) is 10.2. The van der Waals surface area contributed by atoms with Gasteiger partial charge >= 0.3 is 0 Å². The number of rotatable bonds is 11. The van der Waals surface area contributed by atoms with Gasteiger partial charge in [-0.25, -0.2) is 8.42 Å². The average molecular weight is 592 g/mol. The van der Waals surface area contributed by atoms with Crippen LogP contribution in [0, 0.1) is 0 Å². The molecule has 0 bridgehead atoms. The summed E-state index contributed by atoms with van der Waals surface area (Å²) in [6.45, 7) is 3.24. The van der Waals surface area contributed by atoms with Gasteiger partial charge in [0, 0.05) is 29.4 Å². The third kappa shape index (κ3) is 7.65. The van der Waals surface area contributed by atoms with E-state index in [1.165, 1.54) is 4.90 Å². The Morgan fingerprint density at radius 2 is 1.49 bits per heavy atom. The van der Waals surface area contributed by atoms with Gasteiger partial charge in [-0.1, -0.05) is 96.5 Å². The van der Waals surface area contributed by atoms with Gasteiger partial charge in [0.1, 0.15) is 12.6 Å². The summed E-state index contributed by atoms with van der Waals surface area (Å²) >= 11 is 6.50. The fraction of sp³-hybridized carbons (Fsp3) is 0.250. The number of hydrogen-bond acceptors (Lipinski definition) is 4. The Morgan fingerprint density at radius 1 is 0.854 bits per heavy atom. The Morgan fingerprint density at radius 3 is 2.17 bits per heavy atom. The molecule has 214 valence electrons. The van der Waals surface area contributed by atoms with Gasteiger partial charge in [0.05, 0.1) is 11.9 Å². The number of fused-ring (bicyclic) bond motifs is 1. The van der Waals surface area contributed by atoms with E-state index in [0.717, 1.165) is 21.5 Å². The number of halogens is 1. The largest absolute Gasteiger partial charge is 0.352 e. The number of hydrogen-bond donors (Lipinski definition) is 1. The lowest BCUT2D eigenvalue weighted by atomic mass is 10.0. The van der Waals surface area contributed by atoms with E-state index in [4.69, 9.17) is 11.6 Å². The summed E-state index contributed by atoms with van der Waals surface area (Å²) in [6.07, 6.45) is 1.32. The Bertz CT molecular complexity index is 1620. The number of nitrogens with one attached hydrogen (secondary N) is 1. The highest BCUT2D eigenvalue weighted by atomic mass is 35.5. The van der Waals surface area contributed by atoms with Crippen LogP contribution in [-0.4, -0.2) is 50.0 Å². The third-order valence-electron chi connectivity index (χ3n) is 6.72. The monoisotopic (exact) mass is 591 g/mol. The van der Waals surface area contributed by atoms with Crippen molar-refractivity contribution in [1.82, 2.24) is 10.2 Å². The quantitative estimate of drug-likeness (QED) is 0.252. The number of amides is 2. The van der Waals surface area contributed by atoms with Crippen molar-refractivity contribution in [3.63, 3.8) is 0 Å². The molecule has 4 aromatic carbocycles. The zero-order chi connectivity index (χ0) is 29.6. The molecular weight excluding hydrogens is 558 g/mol. The first kappa shape index (κ1) is 30.1. The van der Waals surface area contributed by atoms with E-state index in [1.807, 2.05) is 80.6 Å². The van der Waals surface area contributed by atoms with Crippen molar-refractivity contribution in [1.29, 1.82) is 0 Å². The maximum Gasteiger partial charge on any atom is 0.244 e. The first-order valence-electron chi connectivity index (χ1n) is 13.4. The van der Waals surface area contributed by atoms with Crippen molar-refractivity contribution in [2.75, 3.05) is 17.1 Å². The van der Waals surface area contributed by atoms with Crippen LogP contribution in [0.3, 0.4) is 0 Å². The normalized spacial score (nSPS) is 12.2. The number of sulfonamides is 1. The molecule has 0 saturated carbocycles. The van der Waals surface area contributed by atoms with Crippen molar-refractivity contribution in [3.8, 4) is 0 Å². The first-order chi connectivity index (χ1) is 19.5. The Labute approximate surface area is 246 Å². The Balaban J connectivity index is 1.79. The summed E-state index contributed by atoms with van der Waals surface area (Å²) in [5.41, 5.74) is 1.90. The number of nitrogens with zero attached hydrogens (tertiary/aromatic N) is 2. The number of anilines is 1. The molecule has 9 heteroatoms. The van der Waals surface area contributed by atoms with Crippen LogP contribution in [0.15, 0.2) is 97.1 Å². The first-order valence-corrected chi connectivity index (χ1v) is 15.6. The van der Waals surface area contributed by atoms with Crippen LogP contribution in [0.4, 0.5) is 5.69 Å². The topological polar surface area (TPSA) is 86.8 Å². The van der Waals surface area contributed by atoms with Gasteiger partial charge in [-0.05, 0) is 42.5 Å². The van der Waals surface area contributed by atoms with Crippen molar-refractivity contribution < 1.29 is 18.0 Å². The zero-order valence-corrected chi connectivity index (χ0v) is 24.9. The Hall–Kier alpha value is -3.88. The third-order valence-corrected chi connectivity index (χ3v) is 8.21. The number of benzene rings is 4. The van der Waals surface area contributed by atoms with Gasteiger partial charge < -0.3 is 10.2 Å². The summed E-state index contributed by atoms with van der Waals surface area (Å²) in [4.78, 5) is 29.3. The molecule has 0 radical (unpaired) electrons. The molecule has 7 nitrogen and oxygen atoms in total. The molecule has 0 aromatic heterocycles. The minimum absolute atomic E-state index is 0.0225. The van der Waals surface area contributed by atoms with E-state index >= 15 is 0 Å². The van der Waals surface area contributed by atoms with Crippen molar-refractivity contribution in [2.24, 2.45) is 0 Å². The molecule has 0 aliphatic carbocycles. The van der Waals surface area contributed by atoms with Gasteiger partial charge in [-0.3, -0.25) is 13.9 Å². The van der Waals surface area contributed by atoms with Crippen LogP contribution in [0.1, 0.15) is 25.0 Å². The van der Waals surface area contributed by atoms with E-state index in [1.54, 1.807) is 30.3 Å². The highest BCUT2D eigenvalue weighted by Gasteiger charge is 2.33. The molecule has 41 heavy (non-hydrogen) atoms. The highest BCUT2D eigenvalue weighted by Crippen LogP contribution is 2.29. The number of carbonyl (C=O) groups is 2. The average Bonchev–Trinajstić information content (AvgIpc) is 2.93. The predicted octanol–water partition coefficient (Wildman–Crippen LogP) is 5.42. The van der Waals surface area contributed by atoms with Crippen molar-refractivity contribution in [2.45, 2.75) is 38.9 Å². The van der Waals surface area contributed by atoms with Crippen molar-refractivity contribution in [3.05, 3.63) is 113 Å². The standard InChI is InChI=1S/C32H34ClN3O4S/c1-23(2)34-32(38)30(20-24-12-5-4-6-13-24)35(21-26-15-8-10-18-28(26)33)31(37)22-36(41(3,39)40)29-19-11-16-25-14-7-9-17-27(25)29/h4-19,23,30H,20-22H2,1-3H3,(H,34,38). The van der Waals surface area contributed by atoms with E-state index in [0.29, 0.717) is 21.7 Å². The molecule has 0 aliphatic rings. The molecule has 0 aliphatic heterocycles. The zero-order valence-electron chi connectivity index (χ0n) is 23.3. The van der Waals surface area contributed by atoms with Gasteiger partial charge in [0.25, 0.3) is 0 Å². The molecule has 0 heterocycles. The summed E-state index contributed by atoms with van der Waals surface area (Å²) in [5, 5.41) is 4.93. The molecule has 0 saturated heterocycles. The SMILES string of the molecule is CC(C)NC(=O)C(Cc1ccccc1)N(Cc1ccccc1Cl)C(=O)CN(c1cccc2ccccc12)S(C)(=O)=O. The highest BCUT2D eigenvalue weighted by molar-refractivity contribution is 7.92. The van der Waals surface area contributed by atoms with E-state index < -0.39 is 28.5 Å². The molecule has 0 fully saturated rings. The summed E-state index contributed by atoms with van der Waals surface area (Å²) < 4.78 is 27.4. The maximum atomic E-state index is 14.2. The summed E-state index contributed by atoms with van der Waals surface area (Å²) in [7, 11) is -3.88. The summed E-state index contributed by atoms with van der Waals surface area (Å²) in [6, 6.07) is 28.2. The molecule has 4 rings (SSSR count). The molecule has 2 amide bonds. The van der Waals surface area contributed by atoms with Crippen LogP contribution in [0.2, 0.25) is 5.02 Å². The fourth-order valence-corrected chi connectivity index (χ4v) is 5.82. The van der Waals surface area contributed by atoms with Crippen LogP contribution < -0.4 is 9.62 Å². The van der Waals surface area contributed by atoms with Crippen LogP contribution in [-0.2, 0) is 32.6 Å². The van der Waals surface area contributed by atoms with E-state index in [-0.39, 0.29) is 24.9 Å². The Kier molecular flexibility index (Phi) is 9.68. The fourth-order valence-electron chi connectivity index (χ4n) is 4.77. The molecule has 1 N–H and O–H groups in total. The number of carbonyl (C=O) groups excluding carboxylic acids is 2. The lowest BCUT2D eigenvalue weighted by Gasteiger charge is -2.34. The maximum absolute atomic E-state index is 14.2. The second-order valence-corrected chi connectivity index (χ2v) is 12.6. The van der Waals surface area contributed by atoms with E-state index in [2.05, 4.69) is 5.32 Å². The molecule has 1 atom stereocenters. The van der Waals surface area contributed by atoms with Crippen LogP contribution >= 0.6 is 11.6 Å². The van der Waals surface area contributed by atoms with Crippen LogP contribution in [0.25, 0.3) is 10.8 Å². The van der Waals surface area contributed by atoms with Gasteiger partial charge in [0.2, 0.25) is 21.8 Å². The van der Waals surface area contributed by atoms with Gasteiger partial charge in [-0.2, -0.15) is 0 Å². The van der Waals surface area contributed by atoms with E-state index in [9.17, 15) is 18.0 Å². The lowest BCUT2D eigenvalue weighted by Crippen LogP contribution is -2.54. The predicted molar refractivity (Wildman–Crippen MR) is 165 cm³/mol. The van der Waals surface area contributed by atoms with Crippen LogP contribution in [0.5, 0.6) is 0 Å². The lowest BCUT2D eigenvalue weighted by molar-refractivity contribution is -0.140. The van der Waals surface area contributed by atoms with Crippen molar-refractivity contribution >= 4 is 49.9 Å². The van der Waals surface area contributed by atoms with Gasteiger partial charge in [0.15, 0.2) is 0 Å². The minimum Gasteiger partial charge on any atom is -0.352 e. The van der Waals surface area contributed by atoms with Gasteiger partial charge in [-0.15, -0.1) is 0 Å². The molecule has 4 aromatic rings. The smallest absolute Gasteiger partial charge is 0.244 e. The molecular formula is C32H34ClN3O4S. The second kappa shape index (κ2) is 13.2.